The van der Waals surface area contributed by atoms with Gasteiger partial charge in [0.15, 0.2) is 11.6 Å². The van der Waals surface area contributed by atoms with Crippen LogP contribution in [-0.2, 0) is 14.8 Å². The quantitative estimate of drug-likeness (QED) is 0.816. The molecule has 0 fully saturated rings. The molecule has 130 valence electrons. The second-order valence-electron chi connectivity index (χ2n) is 5.39. The minimum absolute atomic E-state index is 0.0415. The van der Waals surface area contributed by atoms with Crippen LogP contribution in [0.25, 0.3) is 0 Å². The van der Waals surface area contributed by atoms with Crippen molar-refractivity contribution < 1.29 is 22.0 Å². The number of halogens is 2. The number of anilines is 1. The molecule has 0 saturated heterocycles. The molecule has 0 bridgehead atoms. The standard InChI is InChI=1S/C15H16F2N2O3S2/c1-9(2)14(19-24(21,22)13-4-3-7-23-13)15(20)18-10-5-6-11(16)12(17)8-10/h3-9,14,19H,1-2H3,(H,18,20)/t14-/m1/s1. The highest BCUT2D eigenvalue weighted by molar-refractivity contribution is 7.91. The van der Waals surface area contributed by atoms with E-state index in [0.717, 1.165) is 23.5 Å². The van der Waals surface area contributed by atoms with Gasteiger partial charge in [0, 0.05) is 11.8 Å². The monoisotopic (exact) mass is 374 g/mol. The van der Waals surface area contributed by atoms with Crippen LogP contribution >= 0.6 is 11.3 Å². The molecule has 0 unspecified atom stereocenters. The van der Waals surface area contributed by atoms with E-state index in [-0.39, 0.29) is 15.8 Å². The van der Waals surface area contributed by atoms with Crippen LogP contribution in [0.5, 0.6) is 0 Å². The first-order valence-electron chi connectivity index (χ1n) is 7.02. The van der Waals surface area contributed by atoms with Crippen LogP contribution < -0.4 is 10.0 Å². The van der Waals surface area contributed by atoms with Gasteiger partial charge in [-0.05, 0) is 29.5 Å². The average molecular weight is 374 g/mol. The third-order valence-corrected chi connectivity index (χ3v) is 6.02. The number of hydrogen-bond acceptors (Lipinski definition) is 4. The summed E-state index contributed by atoms with van der Waals surface area (Å²) in [5.74, 6) is -3.15. The molecular formula is C15H16F2N2O3S2. The first-order valence-corrected chi connectivity index (χ1v) is 9.39. The molecule has 0 aliphatic heterocycles. The van der Waals surface area contributed by atoms with Crippen molar-refractivity contribution in [1.29, 1.82) is 0 Å². The van der Waals surface area contributed by atoms with Gasteiger partial charge in [0.1, 0.15) is 10.3 Å². The summed E-state index contributed by atoms with van der Waals surface area (Å²) in [4.78, 5) is 12.3. The van der Waals surface area contributed by atoms with Gasteiger partial charge in [0.25, 0.3) is 10.0 Å². The maximum absolute atomic E-state index is 13.2. The van der Waals surface area contributed by atoms with Crippen LogP contribution in [0.4, 0.5) is 14.5 Å². The lowest BCUT2D eigenvalue weighted by molar-refractivity contribution is -0.118. The predicted octanol–water partition coefficient (Wildman–Crippen LogP) is 2.97. The number of nitrogens with one attached hydrogen (secondary N) is 2. The van der Waals surface area contributed by atoms with Crippen LogP contribution in [0, 0.1) is 17.6 Å². The molecule has 1 amide bonds. The average Bonchev–Trinajstić information content (AvgIpc) is 3.03. The number of amides is 1. The van der Waals surface area contributed by atoms with Crippen LogP contribution in [0.15, 0.2) is 39.9 Å². The lowest BCUT2D eigenvalue weighted by Crippen LogP contribution is -2.46. The van der Waals surface area contributed by atoms with Crippen molar-refractivity contribution in [2.75, 3.05) is 5.32 Å². The number of benzene rings is 1. The molecule has 2 aromatic rings. The van der Waals surface area contributed by atoms with Crippen molar-refractivity contribution in [2.45, 2.75) is 24.1 Å². The minimum atomic E-state index is -3.84. The van der Waals surface area contributed by atoms with E-state index in [0.29, 0.717) is 0 Å². The van der Waals surface area contributed by atoms with E-state index in [9.17, 15) is 22.0 Å². The molecule has 0 aliphatic carbocycles. The Labute approximate surface area is 142 Å². The van der Waals surface area contributed by atoms with Gasteiger partial charge in [-0.25, -0.2) is 17.2 Å². The Kier molecular flexibility index (Phi) is 5.68. The summed E-state index contributed by atoms with van der Waals surface area (Å²) in [6.07, 6.45) is 0. The molecule has 1 atom stereocenters. The van der Waals surface area contributed by atoms with Crippen molar-refractivity contribution in [3.63, 3.8) is 0 Å². The Morgan fingerprint density at radius 1 is 1.17 bits per heavy atom. The fourth-order valence-corrected chi connectivity index (χ4v) is 4.28. The van der Waals surface area contributed by atoms with Gasteiger partial charge < -0.3 is 5.32 Å². The normalized spacial score (nSPS) is 13.0. The van der Waals surface area contributed by atoms with E-state index in [1.165, 1.54) is 12.1 Å². The number of carbonyl (C=O) groups excluding carboxylic acids is 1. The smallest absolute Gasteiger partial charge is 0.250 e. The zero-order chi connectivity index (χ0) is 17.9. The SMILES string of the molecule is CC(C)[C@@H](NS(=O)(=O)c1cccs1)C(=O)Nc1ccc(F)c(F)c1. The molecule has 9 heteroatoms. The van der Waals surface area contributed by atoms with E-state index in [4.69, 9.17) is 0 Å². The zero-order valence-electron chi connectivity index (χ0n) is 12.9. The maximum Gasteiger partial charge on any atom is 0.250 e. The summed E-state index contributed by atoms with van der Waals surface area (Å²) in [5, 5.41) is 4.00. The number of sulfonamides is 1. The molecule has 0 radical (unpaired) electrons. The van der Waals surface area contributed by atoms with Crippen LogP contribution in [0.3, 0.4) is 0 Å². The minimum Gasteiger partial charge on any atom is -0.325 e. The Balaban J connectivity index is 2.18. The highest BCUT2D eigenvalue weighted by Gasteiger charge is 2.29. The van der Waals surface area contributed by atoms with Crippen LogP contribution in [0.2, 0.25) is 0 Å². The van der Waals surface area contributed by atoms with E-state index in [1.54, 1.807) is 25.3 Å². The Bertz CT molecular complexity index is 821. The molecule has 2 rings (SSSR count). The second-order valence-corrected chi connectivity index (χ2v) is 8.28. The first-order chi connectivity index (χ1) is 11.2. The molecule has 2 N–H and O–H groups in total. The van der Waals surface area contributed by atoms with Crippen molar-refractivity contribution in [3.8, 4) is 0 Å². The van der Waals surface area contributed by atoms with Gasteiger partial charge in [-0.1, -0.05) is 19.9 Å². The molecule has 1 aromatic heterocycles. The van der Waals surface area contributed by atoms with Crippen LogP contribution in [-0.4, -0.2) is 20.4 Å². The Hall–Kier alpha value is -1.84. The molecular weight excluding hydrogens is 358 g/mol. The molecule has 1 heterocycles. The zero-order valence-corrected chi connectivity index (χ0v) is 14.5. The van der Waals surface area contributed by atoms with Crippen LogP contribution in [0.1, 0.15) is 13.8 Å². The number of thiophene rings is 1. The van der Waals surface area contributed by atoms with Gasteiger partial charge in [0.05, 0.1) is 0 Å². The summed E-state index contributed by atoms with van der Waals surface area (Å²) in [6.45, 7) is 3.35. The van der Waals surface area contributed by atoms with E-state index < -0.39 is 33.6 Å². The fraction of sp³-hybridized carbons (Fsp3) is 0.267. The fourth-order valence-electron chi connectivity index (χ4n) is 1.93. The van der Waals surface area contributed by atoms with Gasteiger partial charge >= 0.3 is 0 Å². The summed E-state index contributed by atoms with van der Waals surface area (Å²) in [6, 6.07) is 4.86. The third-order valence-electron chi connectivity index (χ3n) is 3.18. The van der Waals surface area contributed by atoms with Gasteiger partial charge in [-0.2, -0.15) is 4.72 Å². The largest absolute Gasteiger partial charge is 0.325 e. The number of rotatable bonds is 6. The van der Waals surface area contributed by atoms with Crippen molar-refractivity contribution >= 4 is 33.0 Å². The summed E-state index contributed by atoms with van der Waals surface area (Å²) in [5.41, 5.74) is 0.0415. The molecule has 0 aliphatic rings. The van der Waals surface area contributed by atoms with Gasteiger partial charge in [-0.3, -0.25) is 4.79 Å². The van der Waals surface area contributed by atoms with Gasteiger partial charge in [0.2, 0.25) is 5.91 Å². The van der Waals surface area contributed by atoms with E-state index in [1.807, 2.05) is 0 Å². The van der Waals surface area contributed by atoms with Crippen molar-refractivity contribution in [2.24, 2.45) is 5.92 Å². The van der Waals surface area contributed by atoms with E-state index in [2.05, 4.69) is 10.0 Å². The lowest BCUT2D eigenvalue weighted by Gasteiger charge is -2.21. The third kappa shape index (κ3) is 4.37. The topological polar surface area (TPSA) is 75.3 Å². The molecule has 5 nitrogen and oxygen atoms in total. The number of hydrogen-bond donors (Lipinski definition) is 2. The molecule has 1 aromatic carbocycles. The lowest BCUT2D eigenvalue weighted by atomic mass is 10.0. The highest BCUT2D eigenvalue weighted by atomic mass is 32.2. The summed E-state index contributed by atoms with van der Waals surface area (Å²) >= 11 is 1.03. The summed E-state index contributed by atoms with van der Waals surface area (Å²) in [7, 11) is -3.84. The Morgan fingerprint density at radius 2 is 1.88 bits per heavy atom. The van der Waals surface area contributed by atoms with E-state index >= 15 is 0 Å². The molecule has 0 saturated carbocycles. The molecule has 0 spiro atoms. The van der Waals surface area contributed by atoms with Gasteiger partial charge in [-0.15, -0.1) is 11.3 Å². The highest BCUT2D eigenvalue weighted by Crippen LogP contribution is 2.19. The maximum atomic E-state index is 13.2. The van der Waals surface area contributed by atoms with Crippen molar-refractivity contribution in [3.05, 3.63) is 47.3 Å². The van der Waals surface area contributed by atoms with Crippen molar-refractivity contribution in [1.82, 2.24) is 4.72 Å². The molecule has 24 heavy (non-hydrogen) atoms. The predicted molar refractivity (Wildman–Crippen MR) is 88.3 cm³/mol. The first kappa shape index (κ1) is 18.5. The summed E-state index contributed by atoms with van der Waals surface area (Å²) < 4.78 is 53.1. The Morgan fingerprint density at radius 3 is 2.42 bits per heavy atom. The second kappa shape index (κ2) is 7.37. The number of carbonyl (C=O) groups is 1.